The van der Waals surface area contributed by atoms with Crippen LogP contribution in [0.2, 0.25) is 0 Å². The van der Waals surface area contributed by atoms with Crippen LogP contribution in [0.5, 0.6) is 0 Å². The summed E-state index contributed by atoms with van der Waals surface area (Å²) in [5.41, 5.74) is 6.24. The first-order chi connectivity index (χ1) is 9.63. The lowest BCUT2D eigenvalue weighted by Crippen LogP contribution is -2.38. The van der Waals surface area contributed by atoms with Gasteiger partial charge in [-0.3, -0.25) is 9.79 Å². The number of amides is 1. The number of ether oxygens (including phenoxy) is 1. The van der Waals surface area contributed by atoms with Gasteiger partial charge in [-0.2, -0.15) is 0 Å². The number of halogens is 2. The summed E-state index contributed by atoms with van der Waals surface area (Å²) in [7, 11) is 1.61. The minimum absolute atomic E-state index is 0. The summed E-state index contributed by atoms with van der Waals surface area (Å²) < 4.78 is 5.80. The SMILES string of the molecule is Br.COCCN=C(N)NCCNC(=O)c1ccc(Br)cc1. The summed E-state index contributed by atoms with van der Waals surface area (Å²) in [6, 6.07) is 7.17. The summed E-state index contributed by atoms with van der Waals surface area (Å²) in [5, 5.41) is 5.70. The number of aliphatic imine (C=N–C) groups is 1. The fourth-order valence-corrected chi connectivity index (χ4v) is 1.65. The molecule has 0 saturated carbocycles. The van der Waals surface area contributed by atoms with Gasteiger partial charge in [-0.05, 0) is 24.3 Å². The minimum atomic E-state index is -0.116. The number of rotatable bonds is 7. The molecule has 0 radical (unpaired) electrons. The standard InChI is InChI=1S/C13H19BrN4O2.BrH/c1-20-9-8-18-13(15)17-7-6-16-12(19)10-2-4-11(14)5-3-10;/h2-5H,6-9H2,1H3,(H,16,19)(H3,15,17,18);1H. The minimum Gasteiger partial charge on any atom is -0.383 e. The molecule has 0 fully saturated rings. The highest BCUT2D eigenvalue weighted by Crippen LogP contribution is 2.10. The van der Waals surface area contributed by atoms with Crippen molar-refractivity contribution in [2.75, 3.05) is 33.4 Å². The van der Waals surface area contributed by atoms with Gasteiger partial charge in [0.05, 0.1) is 13.2 Å². The zero-order valence-corrected chi connectivity index (χ0v) is 15.1. The van der Waals surface area contributed by atoms with Crippen molar-refractivity contribution in [1.29, 1.82) is 0 Å². The lowest BCUT2D eigenvalue weighted by Gasteiger charge is -2.07. The second kappa shape index (κ2) is 11.5. The lowest BCUT2D eigenvalue weighted by molar-refractivity contribution is 0.0954. The Balaban J connectivity index is 0.00000400. The predicted octanol–water partition coefficient (Wildman–Crippen LogP) is 1.31. The second-order valence-corrected chi connectivity index (χ2v) is 4.87. The number of benzene rings is 1. The maximum absolute atomic E-state index is 11.8. The molecule has 6 nitrogen and oxygen atoms in total. The number of nitrogens with two attached hydrogens (primary N) is 1. The van der Waals surface area contributed by atoms with E-state index in [0.29, 0.717) is 37.8 Å². The monoisotopic (exact) mass is 422 g/mol. The van der Waals surface area contributed by atoms with Crippen LogP contribution >= 0.6 is 32.9 Å². The molecule has 0 heterocycles. The number of nitrogens with one attached hydrogen (secondary N) is 2. The summed E-state index contributed by atoms with van der Waals surface area (Å²) in [4.78, 5) is 15.8. The van der Waals surface area contributed by atoms with E-state index in [9.17, 15) is 4.79 Å². The van der Waals surface area contributed by atoms with Crippen molar-refractivity contribution in [2.45, 2.75) is 0 Å². The largest absolute Gasteiger partial charge is 0.383 e. The Labute approximate surface area is 143 Å². The smallest absolute Gasteiger partial charge is 0.251 e. The molecule has 8 heteroatoms. The van der Waals surface area contributed by atoms with E-state index < -0.39 is 0 Å². The predicted molar refractivity (Wildman–Crippen MR) is 93.2 cm³/mol. The van der Waals surface area contributed by atoms with Crippen LogP contribution in [0, 0.1) is 0 Å². The van der Waals surface area contributed by atoms with Crippen LogP contribution in [-0.4, -0.2) is 45.2 Å². The molecule has 0 aliphatic rings. The molecule has 1 amide bonds. The Morgan fingerprint density at radius 2 is 1.90 bits per heavy atom. The Morgan fingerprint density at radius 3 is 2.52 bits per heavy atom. The Kier molecular flexibility index (Phi) is 10.9. The molecule has 0 unspecified atom stereocenters. The molecule has 1 aromatic rings. The van der Waals surface area contributed by atoms with E-state index in [0.717, 1.165) is 4.47 Å². The van der Waals surface area contributed by atoms with Crippen molar-refractivity contribution in [3.63, 3.8) is 0 Å². The number of carbonyl (C=O) groups excluding carboxylic acids is 1. The summed E-state index contributed by atoms with van der Waals surface area (Å²) in [6.07, 6.45) is 0. The lowest BCUT2D eigenvalue weighted by atomic mass is 10.2. The first-order valence-corrected chi connectivity index (χ1v) is 6.99. The van der Waals surface area contributed by atoms with E-state index in [4.69, 9.17) is 10.5 Å². The van der Waals surface area contributed by atoms with Gasteiger partial charge in [-0.1, -0.05) is 15.9 Å². The average molecular weight is 424 g/mol. The molecule has 0 bridgehead atoms. The molecule has 0 aliphatic heterocycles. The van der Waals surface area contributed by atoms with Crippen LogP contribution in [0.3, 0.4) is 0 Å². The summed E-state index contributed by atoms with van der Waals surface area (Å²) >= 11 is 3.32. The molecule has 118 valence electrons. The van der Waals surface area contributed by atoms with Crippen LogP contribution in [-0.2, 0) is 4.74 Å². The number of nitrogens with zero attached hydrogens (tertiary/aromatic N) is 1. The summed E-state index contributed by atoms with van der Waals surface area (Å²) in [6.45, 7) is 2.03. The van der Waals surface area contributed by atoms with Gasteiger partial charge >= 0.3 is 0 Å². The second-order valence-electron chi connectivity index (χ2n) is 3.95. The average Bonchev–Trinajstić information content (AvgIpc) is 2.44. The van der Waals surface area contributed by atoms with Crippen molar-refractivity contribution in [3.05, 3.63) is 34.3 Å². The fraction of sp³-hybridized carbons (Fsp3) is 0.385. The Morgan fingerprint density at radius 1 is 1.29 bits per heavy atom. The quantitative estimate of drug-likeness (QED) is 0.350. The van der Waals surface area contributed by atoms with Crippen molar-refractivity contribution in [1.82, 2.24) is 10.6 Å². The number of hydrogen-bond acceptors (Lipinski definition) is 3. The van der Waals surface area contributed by atoms with E-state index in [1.54, 1.807) is 19.2 Å². The van der Waals surface area contributed by atoms with Gasteiger partial charge in [0.25, 0.3) is 5.91 Å². The van der Waals surface area contributed by atoms with Gasteiger partial charge in [-0.15, -0.1) is 17.0 Å². The number of guanidine groups is 1. The summed E-state index contributed by atoms with van der Waals surface area (Å²) in [5.74, 6) is 0.231. The van der Waals surface area contributed by atoms with Crippen LogP contribution in [0.1, 0.15) is 10.4 Å². The number of hydrogen-bond donors (Lipinski definition) is 3. The number of carbonyl (C=O) groups is 1. The van der Waals surface area contributed by atoms with Crippen molar-refractivity contribution >= 4 is 44.8 Å². The molecule has 0 aromatic heterocycles. The van der Waals surface area contributed by atoms with Crippen molar-refractivity contribution < 1.29 is 9.53 Å². The van der Waals surface area contributed by atoms with E-state index >= 15 is 0 Å². The highest BCUT2D eigenvalue weighted by molar-refractivity contribution is 9.10. The van der Waals surface area contributed by atoms with E-state index in [1.165, 1.54) is 0 Å². The topological polar surface area (TPSA) is 88.7 Å². The molecule has 1 rings (SSSR count). The third kappa shape index (κ3) is 8.69. The molecular formula is C13H20Br2N4O2. The van der Waals surface area contributed by atoms with Crippen LogP contribution in [0.4, 0.5) is 0 Å². The van der Waals surface area contributed by atoms with Crippen LogP contribution < -0.4 is 16.4 Å². The zero-order chi connectivity index (χ0) is 14.8. The van der Waals surface area contributed by atoms with E-state index in [-0.39, 0.29) is 22.9 Å². The Hall–Kier alpha value is -1.12. The third-order valence-corrected chi connectivity index (χ3v) is 2.93. The van der Waals surface area contributed by atoms with Gasteiger partial charge in [0, 0.05) is 30.2 Å². The Bertz CT molecular complexity index is 452. The molecule has 0 saturated heterocycles. The van der Waals surface area contributed by atoms with Gasteiger partial charge in [-0.25, -0.2) is 0 Å². The maximum atomic E-state index is 11.8. The number of methoxy groups -OCH3 is 1. The van der Waals surface area contributed by atoms with Crippen LogP contribution in [0.25, 0.3) is 0 Å². The van der Waals surface area contributed by atoms with E-state index in [2.05, 4.69) is 31.6 Å². The molecular weight excluding hydrogens is 404 g/mol. The first kappa shape index (κ1) is 19.9. The maximum Gasteiger partial charge on any atom is 0.251 e. The molecule has 1 aromatic carbocycles. The van der Waals surface area contributed by atoms with Gasteiger partial charge < -0.3 is 21.1 Å². The molecule has 0 atom stereocenters. The molecule has 0 spiro atoms. The highest BCUT2D eigenvalue weighted by atomic mass is 79.9. The molecule has 0 aliphatic carbocycles. The normalized spacial score (nSPS) is 10.7. The van der Waals surface area contributed by atoms with Crippen molar-refractivity contribution in [2.24, 2.45) is 10.7 Å². The van der Waals surface area contributed by atoms with Gasteiger partial charge in [0.1, 0.15) is 0 Å². The van der Waals surface area contributed by atoms with Crippen LogP contribution in [0.15, 0.2) is 33.7 Å². The molecule has 4 N–H and O–H groups in total. The third-order valence-electron chi connectivity index (χ3n) is 2.40. The first-order valence-electron chi connectivity index (χ1n) is 6.20. The zero-order valence-electron chi connectivity index (χ0n) is 11.8. The highest BCUT2D eigenvalue weighted by Gasteiger charge is 2.03. The van der Waals surface area contributed by atoms with Crippen molar-refractivity contribution in [3.8, 4) is 0 Å². The van der Waals surface area contributed by atoms with Gasteiger partial charge in [0.15, 0.2) is 5.96 Å². The molecule has 21 heavy (non-hydrogen) atoms. The van der Waals surface area contributed by atoms with Gasteiger partial charge in [0.2, 0.25) is 0 Å². The fourth-order valence-electron chi connectivity index (χ4n) is 1.38. The van der Waals surface area contributed by atoms with E-state index in [1.807, 2.05) is 12.1 Å².